The first-order chi connectivity index (χ1) is 13.9. The quantitative estimate of drug-likeness (QED) is 0.712. The molecule has 2 saturated heterocycles. The van der Waals surface area contributed by atoms with E-state index >= 15 is 0 Å². The summed E-state index contributed by atoms with van der Waals surface area (Å²) in [6.07, 6.45) is 6.78. The highest BCUT2D eigenvalue weighted by molar-refractivity contribution is 6.30. The number of hydrogen-bond donors (Lipinski definition) is 0. The fourth-order valence-electron chi connectivity index (χ4n) is 4.93. The molecule has 2 aromatic rings. The largest absolute Gasteiger partial charge is 0.376 e. The molecule has 0 radical (unpaired) electrons. The maximum atomic E-state index is 9.02. The molecule has 0 unspecified atom stereocenters. The highest BCUT2D eigenvalue weighted by Gasteiger charge is 2.55. The second-order valence-corrected chi connectivity index (χ2v) is 9.57. The summed E-state index contributed by atoms with van der Waals surface area (Å²) in [6.45, 7) is 8.21. The lowest BCUT2D eigenvalue weighted by molar-refractivity contribution is -0.223. The molecule has 0 spiro atoms. The SMILES string of the molecule is CC1(C)CO[C@@H]1[C@]1(CCc2ccc(C#N)cc2)CCN(Cc2ncc(Cl)cn2)C1. The Morgan fingerprint density at radius 2 is 1.97 bits per heavy atom. The summed E-state index contributed by atoms with van der Waals surface area (Å²) >= 11 is 5.92. The van der Waals surface area contributed by atoms with Crippen molar-refractivity contribution in [1.29, 1.82) is 5.26 Å². The van der Waals surface area contributed by atoms with Gasteiger partial charge in [0.2, 0.25) is 0 Å². The predicted molar refractivity (Wildman–Crippen MR) is 112 cm³/mol. The molecule has 6 heteroatoms. The van der Waals surface area contributed by atoms with E-state index in [1.54, 1.807) is 12.4 Å². The molecule has 1 aromatic carbocycles. The van der Waals surface area contributed by atoms with Crippen LogP contribution in [0.15, 0.2) is 36.7 Å². The third-order valence-corrected chi connectivity index (χ3v) is 6.58. The molecule has 2 fully saturated rings. The fraction of sp³-hybridized carbons (Fsp3) is 0.522. The average Bonchev–Trinajstić information content (AvgIpc) is 3.11. The number of hydrogen-bond acceptors (Lipinski definition) is 5. The molecular formula is C23H27ClN4O. The summed E-state index contributed by atoms with van der Waals surface area (Å²) in [5.41, 5.74) is 2.32. The molecule has 3 heterocycles. The molecule has 4 rings (SSSR count). The standard InChI is InChI=1S/C23H27ClN4O/c1-22(2)16-29-21(22)23(8-7-17-3-5-18(11-25)6-4-17)9-10-28(15-23)14-20-26-12-19(24)13-27-20/h3-6,12-13,21H,7-10,14-16H2,1-2H3/t21-,23+/m0/s1. The van der Waals surface area contributed by atoms with E-state index in [4.69, 9.17) is 21.6 Å². The van der Waals surface area contributed by atoms with Gasteiger partial charge in [0.25, 0.3) is 0 Å². The summed E-state index contributed by atoms with van der Waals surface area (Å²) < 4.78 is 6.15. The van der Waals surface area contributed by atoms with Crippen LogP contribution < -0.4 is 0 Å². The van der Waals surface area contributed by atoms with E-state index < -0.39 is 0 Å². The van der Waals surface area contributed by atoms with Crippen LogP contribution in [-0.4, -0.2) is 40.7 Å². The molecule has 5 nitrogen and oxygen atoms in total. The molecule has 0 N–H and O–H groups in total. The maximum absolute atomic E-state index is 9.02. The lowest BCUT2D eigenvalue weighted by Gasteiger charge is -2.54. The number of aromatic nitrogens is 2. The van der Waals surface area contributed by atoms with Gasteiger partial charge in [-0.15, -0.1) is 0 Å². The maximum Gasteiger partial charge on any atom is 0.142 e. The Balaban J connectivity index is 1.48. The first kappa shape index (κ1) is 20.3. The van der Waals surface area contributed by atoms with Crippen molar-refractivity contribution >= 4 is 11.6 Å². The molecule has 2 aliphatic rings. The Hall–Kier alpha value is -2.00. The number of nitrogens with zero attached hydrogens (tertiary/aromatic N) is 4. The summed E-state index contributed by atoms with van der Waals surface area (Å²) in [5.74, 6) is 0.811. The van der Waals surface area contributed by atoms with Crippen LogP contribution in [0.3, 0.4) is 0 Å². The Morgan fingerprint density at radius 3 is 2.55 bits per heavy atom. The molecular weight excluding hydrogens is 384 g/mol. The zero-order chi connectivity index (χ0) is 20.5. The van der Waals surface area contributed by atoms with Crippen molar-refractivity contribution in [2.45, 2.75) is 45.8 Å². The van der Waals surface area contributed by atoms with Crippen molar-refractivity contribution in [3.05, 3.63) is 58.6 Å². The van der Waals surface area contributed by atoms with Gasteiger partial charge < -0.3 is 4.74 Å². The molecule has 152 valence electrons. The Labute approximate surface area is 177 Å². The number of aryl methyl sites for hydroxylation is 1. The molecule has 2 atom stereocenters. The topological polar surface area (TPSA) is 62.0 Å². The van der Waals surface area contributed by atoms with Gasteiger partial charge in [0.1, 0.15) is 5.82 Å². The van der Waals surface area contributed by atoms with Crippen molar-refractivity contribution in [2.24, 2.45) is 10.8 Å². The number of benzene rings is 1. The van der Waals surface area contributed by atoms with E-state index in [0.717, 1.165) is 51.3 Å². The van der Waals surface area contributed by atoms with Gasteiger partial charge >= 0.3 is 0 Å². The van der Waals surface area contributed by atoms with Gasteiger partial charge in [-0.3, -0.25) is 4.90 Å². The second kappa shape index (κ2) is 8.02. The second-order valence-electron chi connectivity index (χ2n) is 9.13. The van der Waals surface area contributed by atoms with Crippen LogP contribution >= 0.6 is 11.6 Å². The van der Waals surface area contributed by atoms with Crippen LogP contribution in [0.25, 0.3) is 0 Å². The third-order valence-electron chi connectivity index (χ3n) is 6.39. The predicted octanol–water partition coefficient (Wildman–Crippen LogP) is 4.25. The van der Waals surface area contributed by atoms with Crippen molar-refractivity contribution in [3.63, 3.8) is 0 Å². The van der Waals surface area contributed by atoms with E-state index in [1.807, 2.05) is 12.1 Å². The van der Waals surface area contributed by atoms with Crippen molar-refractivity contribution < 1.29 is 4.74 Å². The van der Waals surface area contributed by atoms with Gasteiger partial charge in [-0.1, -0.05) is 37.6 Å². The number of likely N-dealkylation sites (tertiary alicyclic amines) is 1. The molecule has 29 heavy (non-hydrogen) atoms. The summed E-state index contributed by atoms with van der Waals surface area (Å²) in [7, 11) is 0. The van der Waals surface area contributed by atoms with Gasteiger partial charge in [-0.05, 0) is 43.5 Å². The first-order valence-electron chi connectivity index (χ1n) is 10.2. The smallest absolute Gasteiger partial charge is 0.142 e. The zero-order valence-electron chi connectivity index (χ0n) is 17.1. The normalized spacial score (nSPS) is 26.1. The molecule has 0 bridgehead atoms. The Kier molecular flexibility index (Phi) is 5.61. The first-order valence-corrected chi connectivity index (χ1v) is 10.6. The van der Waals surface area contributed by atoms with E-state index in [2.05, 4.69) is 46.9 Å². The van der Waals surface area contributed by atoms with Crippen LogP contribution in [0.2, 0.25) is 5.02 Å². The van der Waals surface area contributed by atoms with Crippen molar-refractivity contribution in [1.82, 2.24) is 14.9 Å². The zero-order valence-corrected chi connectivity index (χ0v) is 17.8. The van der Waals surface area contributed by atoms with Crippen LogP contribution in [0, 0.1) is 22.2 Å². The highest BCUT2D eigenvalue weighted by atomic mass is 35.5. The number of nitriles is 1. The monoisotopic (exact) mass is 410 g/mol. The van der Waals surface area contributed by atoms with Gasteiger partial charge in [0.05, 0.1) is 35.9 Å². The van der Waals surface area contributed by atoms with E-state index in [9.17, 15) is 0 Å². The van der Waals surface area contributed by atoms with Crippen LogP contribution in [0.5, 0.6) is 0 Å². The van der Waals surface area contributed by atoms with E-state index in [-0.39, 0.29) is 16.9 Å². The minimum absolute atomic E-state index is 0.127. The third kappa shape index (κ3) is 4.30. The van der Waals surface area contributed by atoms with Crippen molar-refractivity contribution in [3.8, 4) is 6.07 Å². The summed E-state index contributed by atoms with van der Waals surface area (Å²) in [4.78, 5) is 11.2. The molecule has 0 aliphatic carbocycles. The summed E-state index contributed by atoms with van der Waals surface area (Å²) in [5, 5.41) is 9.58. The fourth-order valence-corrected chi connectivity index (χ4v) is 5.03. The molecule has 2 aliphatic heterocycles. The number of ether oxygens (including phenoxy) is 1. The van der Waals surface area contributed by atoms with Gasteiger partial charge in [-0.25, -0.2) is 9.97 Å². The molecule has 0 saturated carbocycles. The minimum atomic E-state index is 0.127. The van der Waals surface area contributed by atoms with Gasteiger partial charge in [0, 0.05) is 29.8 Å². The van der Waals surface area contributed by atoms with Crippen LogP contribution in [-0.2, 0) is 17.7 Å². The Morgan fingerprint density at radius 1 is 1.24 bits per heavy atom. The summed E-state index contributed by atoms with van der Waals surface area (Å²) in [6, 6.07) is 10.2. The number of halogens is 1. The lowest BCUT2D eigenvalue weighted by Crippen LogP contribution is -2.58. The van der Waals surface area contributed by atoms with Crippen LogP contribution in [0.4, 0.5) is 0 Å². The Bertz CT molecular complexity index is 891. The van der Waals surface area contributed by atoms with Crippen LogP contribution in [0.1, 0.15) is 43.6 Å². The lowest BCUT2D eigenvalue weighted by atomic mass is 9.64. The molecule has 1 aromatic heterocycles. The van der Waals surface area contributed by atoms with E-state index in [1.165, 1.54) is 5.56 Å². The average molecular weight is 411 g/mol. The number of rotatable bonds is 6. The van der Waals surface area contributed by atoms with Crippen molar-refractivity contribution in [2.75, 3.05) is 19.7 Å². The van der Waals surface area contributed by atoms with Gasteiger partial charge in [0.15, 0.2) is 0 Å². The van der Waals surface area contributed by atoms with E-state index in [0.29, 0.717) is 10.6 Å². The molecule has 0 amide bonds. The van der Waals surface area contributed by atoms with Gasteiger partial charge in [-0.2, -0.15) is 5.26 Å². The minimum Gasteiger partial charge on any atom is -0.376 e. The highest BCUT2D eigenvalue weighted by Crippen LogP contribution is 2.51.